The maximum Gasteiger partial charge on any atom is 0.239 e. The number of piperidine rings is 1. The monoisotopic (exact) mass is 269 g/mol. The third-order valence-electron chi connectivity index (χ3n) is 4.64. The smallest absolute Gasteiger partial charge is 0.239 e. The molecule has 0 aromatic heterocycles. The molecule has 0 radical (unpaired) electrons. The summed E-state index contributed by atoms with van der Waals surface area (Å²) in [6, 6.07) is 0.280. The van der Waals surface area contributed by atoms with E-state index in [4.69, 9.17) is 5.73 Å². The SMILES string of the molecule is CCC(C)C(N)C(=O)N(C)CCC1CCCCN1C. The zero-order valence-corrected chi connectivity index (χ0v) is 13.1. The molecule has 3 atom stereocenters. The van der Waals surface area contributed by atoms with Crippen LogP contribution in [0.5, 0.6) is 0 Å². The Hall–Kier alpha value is -0.610. The third kappa shape index (κ3) is 4.77. The summed E-state index contributed by atoms with van der Waals surface area (Å²) in [5.41, 5.74) is 6.01. The molecule has 1 fully saturated rings. The van der Waals surface area contributed by atoms with Crippen LogP contribution in [-0.2, 0) is 4.79 Å². The lowest BCUT2D eigenvalue weighted by molar-refractivity contribution is -0.132. The molecule has 1 heterocycles. The lowest BCUT2D eigenvalue weighted by Crippen LogP contribution is -2.47. The minimum atomic E-state index is -0.348. The van der Waals surface area contributed by atoms with Gasteiger partial charge in [0.05, 0.1) is 6.04 Å². The largest absolute Gasteiger partial charge is 0.344 e. The summed E-state index contributed by atoms with van der Waals surface area (Å²) >= 11 is 0. The van der Waals surface area contributed by atoms with Crippen LogP contribution in [0.2, 0.25) is 0 Å². The van der Waals surface area contributed by atoms with Crippen LogP contribution in [0.4, 0.5) is 0 Å². The summed E-state index contributed by atoms with van der Waals surface area (Å²) < 4.78 is 0. The van der Waals surface area contributed by atoms with Crippen molar-refractivity contribution in [3.8, 4) is 0 Å². The number of amides is 1. The van der Waals surface area contributed by atoms with Gasteiger partial charge in [-0.05, 0) is 38.8 Å². The first kappa shape index (κ1) is 16.4. The van der Waals surface area contributed by atoms with Gasteiger partial charge in [0.25, 0.3) is 0 Å². The van der Waals surface area contributed by atoms with Gasteiger partial charge in [-0.1, -0.05) is 26.7 Å². The van der Waals surface area contributed by atoms with E-state index in [-0.39, 0.29) is 17.9 Å². The highest BCUT2D eigenvalue weighted by molar-refractivity contribution is 5.81. The van der Waals surface area contributed by atoms with E-state index >= 15 is 0 Å². The number of carbonyl (C=O) groups is 1. The second kappa shape index (κ2) is 7.85. The Bertz CT molecular complexity index is 283. The van der Waals surface area contributed by atoms with Crippen molar-refractivity contribution in [3.63, 3.8) is 0 Å². The molecule has 0 bridgehead atoms. The fourth-order valence-electron chi connectivity index (χ4n) is 2.71. The number of hydrogen-bond donors (Lipinski definition) is 1. The highest BCUT2D eigenvalue weighted by atomic mass is 16.2. The summed E-state index contributed by atoms with van der Waals surface area (Å²) in [5, 5.41) is 0. The van der Waals surface area contributed by atoms with Crippen LogP contribution >= 0.6 is 0 Å². The number of likely N-dealkylation sites (tertiary alicyclic amines) is 1. The van der Waals surface area contributed by atoms with Gasteiger partial charge in [-0.15, -0.1) is 0 Å². The van der Waals surface area contributed by atoms with Crippen LogP contribution < -0.4 is 5.73 Å². The van der Waals surface area contributed by atoms with E-state index in [1.807, 2.05) is 18.9 Å². The first-order valence-corrected chi connectivity index (χ1v) is 7.68. The lowest BCUT2D eigenvalue weighted by Gasteiger charge is -2.34. The Morgan fingerprint density at radius 2 is 2.16 bits per heavy atom. The first-order valence-electron chi connectivity index (χ1n) is 7.68. The van der Waals surface area contributed by atoms with Crippen molar-refractivity contribution < 1.29 is 4.79 Å². The van der Waals surface area contributed by atoms with E-state index in [1.54, 1.807) is 0 Å². The summed E-state index contributed by atoms with van der Waals surface area (Å²) in [7, 11) is 4.07. The molecule has 3 unspecified atom stereocenters. The Kier molecular flexibility index (Phi) is 6.80. The Labute approximate surface area is 118 Å². The molecular weight excluding hydrogens is 238 g/mol. The molecule has 0 aliphatic carbocycles. The molecule has 1 rings (SSSR count). The van der Waals surface area contributed by atoms with Crippen LogP contribution in [0, 0.1) is 5.92 Å². The van der Waals surface area contributed by atoms with Crippen LogP contribution in [0.25, 0.3) is 0 Å². The van der Waals surface area contributed by atoms with Crippen molar-refractivity contribution >= 4 is 5.91 Å². The minimum absolute atomic E-state index is 0.0906. The Morgan fingerprint density at radius 3 is 2.74 bits per heavy atom. The maximum atomic E-state index is 12.2. The quantitative estimate of drug-likeness (QED) is 0.798. The molecule has 0 saturated carbocycles. The fraction of sp³-hybridized carbons (Fsp3) is 0.933. The molecule has 1 saturated heterocycles. The van der Waals surface area contributed by atoms with Crippen molar-refractivity contribution in [1.29, 1.82) is 0 Å². The molecule has 1 aliphatic rings. The highest BCUT2D eigenvalue weighted by Gasteiger charge is 2.24. The predicted molar refractivity (Wildman–Crippen MR) is 80.0 cm³/mol. The molecule has 0 aromatic carbocycles. The second-order valence-corrected chi connectivity index (χ2v) is 6.09. The summed E-state index contributed by atoms with van der Waals surface area (Å²) in [6.07, 6.45) is 5.90. The molecule has 1 aliphatic heterocycles. The molecule has 112 valence electrons. The molecule has 4 nitrogen and oxygen atoms in total. The van der Waals surface area contributed by atoms with E-state index in [2.05, 4.69) is 18.9 Å². The molecule has 4 heteroatoms. The number of carbonyl (C=O) groups excluding carboxylic acids is 1. The number of nitrogens with zero attached hydrogens (tertiary/aromatic N) is 2. The number of hydrogen-bond acceptors (Lipinski definition) is 3. The highest BCUT2D eigenvalue weighted by Crippen LogP contribution is 2.18. The van der Waals surface area contributed by atoms with Gasteiger partial charge in [0.1, 0.15) is 0 Å². The van der Waals surface area contributed by atoms with Crippen molar-refractivity contribution in [1.82, 2.24) is 9.80 Å². The van der Waals surface area contributed by atoms with E-state index < -0.39 is 0 Å². The topological polar surface area (TPSA) is 49.6 Å². The zero-order valence-electron chi connectivity index (χ0n) is 13.1. The standard InChI is InChI=1S/C15H31N3O/c1-5-12(2)14(16)15(19)18(4)11-9-13-8-6-7-10-17(13)3/h12-14H,5-11,16H2,1-4H3. The van der Waals surface area contributed by atoms with Gasteiger partial charge in [-0.25, -0.2) is 0 Å². The zero-order chi connectivity index (χ0) is 14.4. The van der Waals surface area contributed by atoms with Gasteiger partial charge in [0.2, 0.25) is 5.91 Å². The van der Waals surface area contributed by atoms with Gasteiger partial charge >= 0.3 is 0 Å². The van der Waals surface area contributed by atoms with Crippen LogP contribution in [0.3, 0.4) is 0 Å². The third-order valence-corrected chi connectivity index (χ3v) is 4.64. The Morgan fingerprint density at radius 1 is 1.47 bits per heavy atom. The molecule has 1 amide bonds. The molecule has 19 heavy (non-hydrogen) atoms. The van der Waals surface area contributed by atoms with Crippen LogP contribution in [0.1, 0.15) is 46.0 Å². The van der Waals surface area contributed by atoms with Crippen LogP contribution in [0.15, 0.2) is 0 Å². The van der Waals surface area contributed by atoms with Crippen LogP contribution in [-0.4, -0.2) is 55.0 Å². The molecule has 0 spiro atoms. The first-order chi connectivity index (χ1) is 8.97. The van der Waals surface area contributed by atoms with Gasteiger partial charge in [0.15, 0.2) is 0 Å². The second-order valence-electron chi connectivity index (χ2n) is 6.09. The van der Waals surface area contributed by atoms with Gasteiger partial charge < -0.3 is 15.5 Å². The molecule has 0 aromatic rings. The number of rotatable bonds is 6. The van der Waals surface area contributed by atoms with E-state index in [0.29, 0.717) is 6.04 Å². The van der Waals surface area contributed by atoms with Gasteiger partial charge in [-0.2, -0.15) is 0 Å². The van der Waals surface area contributed by atoms with Gasteiger partial charge in [-0.3, -0.25) is 4.79 Å². The van der Waals surface area contributed by atoms with E-state index in [0.717, 1.165) is 19.4 Å². The minimum Gasteiger partial charge on any atom is -0.344 e. The van der Waals surface area contributed by atoms with Crippen molar-refractivity contribution in [2.75, 3.05) is 27.2 Å². The van der Waals surface area contributed by atoms with Crippen molar-refractivity contribution in [2.24, 2.45) is 11.7 Å². The molecule has 2 N–H and O–H groups in total. The molecular formula is C15H31N3O. The fourth-order valence-corrected chi connectivity index (χ4v) is 2.71. The number of nitrogens with two attached hydrogens (primary N) is 1. The average molecular weight is 269 g/mol. The van der Waals surface area contributed by atoms with Crippen molar-refractivity contribution in [2.45, 2.75) is 58.0 Å². The number of likely N-dealkylation sites (N-methyl/N-ethyl adjacent to an activating group) is 1. The van der Waals surface area contributed by atoms with Gasteiger partial charge in [0, 0.05) is 19.6 Å². The summed E-state index contributed by atoms with van der Waals surface area (Å²) in [4.78, 5) is 16.4. The van der Waals surface area contributed by atoms with E-state index in [1.165, 1.54) is 25.8 Å². The normalized spacial score (nSPS) is 23.9. The average Bonchev–Trinajstić information content (AvgIpc) is 2.43. The van der Waals surface area contributed by atoms with Crippen molar-refractivity contribution in [3.05, 3.63) is 0 Å². The maximum absolute atomic E-state index is 12.2. The van der Waals surface area contributed by atoms with E-state index in [9.17, 15) is 4.79 Å². The predicted octanol–water partition coefficient (Wildman–Crippen LogP) is 1.69. The summed E-state index contributed by atoms with van der Waals surface area (Å²) in [6.45, 7) is 6.13. The Balaban J connectivity index is 2.37. The summed E-state index contributed by atoms with van der Waals surface area (Å²) in [5.74, 6) is 0.347. The lowest BCUT2D eigenvalue weighted by atomic mass is 9.98.